The molecule has 6 heteroatoms. The van der Waals surface area contributed by atoms with Crippen molar-refractivity contribution in [3.05, 3.63) is 52.1 Å². The van der Waals surface area contributed by atoms with Gasteiger partial charge in [-0.15, -0.1) is 0 Å². The van der Waals surface area contributed by atoms with Crippen LogP contribution in [-0.4, -0.2) is 49.1 Å². The highest BCUT2D eigenvalue weighted by atomic mass is 32.1. The fraction of sp³-hybridized carbons (Fsp3) is 0.462. The molecule has 0 spiro atoms. The maximum Gasteiger partial charge on any atom is 0.233 e. The third-order valence-electron chi connectivity index (χ3n) is 6.15. The van der Waals surface area contributed by atoms with E-state index in [1.807, 2.05) is 17.0 Å². The Balaban J connectivity index is 1.99. The van der Waals surface area contributed by atoms with Gasteiger partial charge in [0.15, 0.2) is 5.13 Å². The number of methoxy groups -OCH3 is 1. The number of amides is 1. The lowest BCUT2D eigenvalue weighted by atomic mass is 9.97. The highest BCUT2D eigenvalue weighted by molar-refractivity contribution is 7.22. The summed E-state index contributed by atoms with van der Waals surface area (Å²) in [5.41, 5.74) is 6.65. The zero-order valence-electron chi connectivity index (χ0n) is 20.4. The summed E-state index contributed by atoms with van der Waals surface area (Å²) >= 11 is 1.57. The van der Waals surface area contributed by atoms with E-state index in [9.17, 15) is 4.79 Å². The summed E-state index contributed by atoms with van der Waals surface area (Å²) in [6.45, 7) is 16.0. The fourth-order valence-electron chi connectivity index (χ4n) is 4.22. The summed E-state index contributed by atoms with van der Waals surface area (Å²) in [6.07, 6.45) is 0.377. The Hall–Kier alpha value is -2.44. The Morgan fingerprint density at radius 1 is 1.00 bits per heavy atom. The molecule has 0 aliphatic carbocycles. The summed E-state index contributed by atoms with van der Waals surface area (Å²) in [6, 6.07) is 8.30. The molecule has 3 rings (SSSR count). The first-order valence-corrected chi connectivity index (χ1v) is 12.1. The van der Waals surface area contributed by atoms with Crippen molar-refractivity contribution >= 4 is 32.6 Å². The van der Waals surface area contributed by atoms with Gasteiger partial charge in [0.2, 0.25) is 5.91 Å². The molecule has 0 fully saturated rings. The van der Waals surface area contributed by atoms with E-state index in [4.69, 9.17) is 9.72 Å². The largest absolute Gasteiger partial charge is 0.494 e. The van der Waals surface area contributed by atoms with Gasteiger partial charge >= 0.3 is 0 Å². The van der Waals surface area contributed by atoms with Crippen molar-refractivity contribution in [2.75, 3.05) is 38.2 Å². The van der Waals surface area contributed by atoms with Gasteiger partial charge in [-0.05, 0) is 69.1 Å². The summed E-state index contributed by atoms with van der Waals surface area (Å²) in [4.78, 5) is 22.7. The van der Waals surface area contributed by atoms with Gasteiger partial charge in [-0.25, -0.2) is 4.98 Å². The van der Waals surface area contributed by atoms with E-state index in [1.165, 1.54) is 16.7 Å². The van der Waals surface area contributed by atoms with E-state index in [-0.39, 0.29) is 5.91 Å². The SMILES string of the molecule is CCN(CC)CCN(C(=O)Cc1c(C)cc(C)cc1C)c1nc2c(OC)ccc(C)c2s1. The second-order valence-electron chi connectivity index (χ2n) is 8.39. The molecule has 0 bridgehead atoms. The number of aryl methyl sites for hydroxylation is 4. The van der Waals surface area contributed by atoms with Crippen LogP contribution in [0.3, 0.4) is 0 Å². The molecule has 0 saturated heterocycles. The topological polar surface area (TPSA) is 45.7 Å². The van der Waals surface area contributed by atoms with Crippen molar-refractivity contribution in [1.82, 2.24) is 9.88 Å². The maximum absolute atomic E-state index is 13.7. The molecular formula is C26H35N3O2S. The van der Waals surface area contributed by atoms with E-state index in [1.54, 1.807) is 18.4 Å². The molecule has 0 unspecified atom stereocenters. The first kappa shape index (κ1) is 24.2. The molecule has 32 heavy (non-hydrogen) atoms. The van der Waals surface area contributed by atoms with E-state index in [0.29, 0.717) is 13.0 Å². The molecule has 0 atom stereocenters. The average molecular weight is 454 g/mol. The van der Waals surface area contributed by atoms with Crippen LogP contribution in [0.4, 0.5) is 5.13 Å². The number of fused-ring (bicyclic) bond motifs is 1. The lowest BCUT2D eigenvalue weighted by molar-refractivity contribution is -0.118. The number of benzene rings is 2. The first-order valence-electron chi connectivity index (χ1n) is 11.3. The van der Waals surface area contributed by atoms with Crippen molar-refractivity contribution in [2.24, 2.45) is 0 Å². The third-order valence-corrected chi connectivity index (χ3v) is 7.36. The van der Waals surface area contributed by atoms with Crippen molar-refractivity contribution in [1.29, 1.82) is 0 Å². The second kappa shape index (κ2) is 10.5. The van der Waals surface area contributed by atoms with Crippen LogP contribution in [0.1, 0.15) is 41.7 Å². The van der Waals surface area contributed by atoms with Gasteiger partial charge in [-0.1, -0.05) is 48.9 Å². The molecular weight excluding hydrogens is 418 g/mol. The maximum atomic E-state index is 13.7. The summed E-state index contributed by atoms with van der Waals surface area (Å²) in [7, 11) is 1.66. The van der Waals surface area contributed by atoms with Crippen molar-refractivity contribution in [2.45, 2.75) is 48.0 Å². The Bertz CT molecular complexity index is 1080. The quantitative estimate of drug-likeness (QED) is 0.432. The van der Waals surface area contributed by atoms with Crippen molar-refractivity contribution < 1.29 is 9.53 Å². The van der Waals surface area contributed by atoms with Gasteiger partial charge in [0.25, 0.3) is 0 Å². The van der Waals surface area contributed by atoms with Crippen LogP contribution >= 0.6 is 11.3 Å². The van der Waals surface area contributed by atoms with Gasteiger partial charge < -0.3 is 9.64 Å². The van der Waals surface area contributed by atoms with E-state index in [0.717, 1.165) is 51.9 Å². The highest BCUT2D eigenvalue weighted by Crippen LogP contribution is 2.36. The molecule has 1 amide bonds. The van der Waals surface area contributed by atoms with Crippen LogP contribution in [-0.2, 0) is 11.2 Å². The molecule has 0 aliphatic heterocycles. The summed E-state index contributed by atoms with van der Waals surface area (Å²) < 4.78 is 6.61. The third kappa shape index (κ3) is 5.13. The number of hydrogen-bond donors (Lipinski definition) is 0. The number of likely N-dealkylation sites (N-methyl/N-ethyl adjacent to an activating group) is 1. The van der Waals surface area contributed by atoms with Gasteiger partial charge in [-0.2, -0.15) is 0 Å². The Labute approximate surface area is 196 Å². The number of anilines is 1. The standard InChI is InChI=1S/C26H35N3O2S/c1-8-28(9-2)12-13-29(23(30)16-21-19(5)14-17(3)15-20(21)6)26-27-24-22(31-7)11-10-18(4)25(24)32-26/h10-11,14-15H,8-9,12-13,16H2,1-7H3. The van der Waals surface area contributed by atoms with Crippen LogP contribution < -0.4 is 9.64 Å². The van der Waals surface area contributed by atoms with Gasteiger partial charge in [-0.3, -0.25) is 9.69 Å². The molecule has 1 heterocycles. The van der Waals surface area contributed by atoms with E-state index < -0.39 is 0 Å². The Morgan fingerprint density at radius 3 is 2.25 bits per heavy atom. The van der Waals surface area contributed by atoms with Crippen LogP contribution in [0.5, 0.6) is 5.75 Å². The molecule has 0 radical (unpaired) electrons. The number of rotatable bonds is 9. The summed E-state index contributed by atoms with van der Waals surface area (Å²) in [5.74, 6) is 0.831. The molecule has 0 N–H and O–H groups in total. The Kier molecular flexibility index (Phi) is 7.91. The monoisotopic (exact) mass is 453 g/mol. The normalized spacial score (nSPS) is 11.4. The molecule has 2 aromatic carbocycles. The zero-order chi connectivity index (χ0) is 23.4. The Morgan fingerprint density at radius 2 is 1.66 bits per heavy atom. The molecule has 5 nitrogen and oxygen atoms in total. The number of carbonyl (C=O) groups excluding carboxylic acids is 1. The van der Waals surface area contributed by atoms with Crippen LogP contribution in [0.15, 0.2) is 24.3 Å². The minimum absolute atomic E-state index is 0.0860. The van der Waals surface area contributed by atoms with Crippen LogP contribution in [0.25, 0.3) is 10.2 Å². The molecule has 3 aromatic rings. The highest BCUT2D eigenvalue weighted by Gasteiger charge is 2.23. The first-order chi connectivity index (χ1) is 15.3. The zero-order valence-corrected chi connectivity index (χ0v) is 21.2. The molecule has 0 saturated carbocycles. The van der Waals surface area contributed by atoms with Crippen molar-refractivity contribution in [3.63, 3.8) is 0 Å². The summed E-state index contributed by atoms with van der Waals surface area (Å²) in [5, 5.41) is 0.743. The van der Waals surface area contributed by atoms with Gasteiger partial charge in [0.05, 0.1) is 18.2 Å². The number of aromatic nitrogens is 1. The fourth-order valence-corrected chi connectivity index (χ4v) is 5.32. The van der Waals surface area contributed by atoms with Crippen LogP contribution in [0, 0.1) is 27.7 Å². The number of ether oxygens (including phenoxy) is 1. The smallest absolute Gasteiger partial charge is 0.233 e. The molecule has 172 valence electrons. The predicted octanol–water partition coefficient (Wildman–Crippen LogP) is 5.46. The van der Waals surface area contributed by atoms with E-state index >= 15 is 0 Å². The van der Waals surface area contributed by atoms with E-state index in [2.05, 4.69) is 58.6 Å². The molecule has 1 aromatic heterocycles. The van der Waals surface area contributed by atoms with Gasteiger partial charge in [0.1, 0.15) is 11.3 Å². The minimum atomic E-state index is 0.0860. The predicted molar refractivity (Wildman–Crippen MR) is 135 cm³/mol. The minimum Gasteiger partial charge on any atom is -0.494 e. The number of carbonyl (C=O) groups is 1. The van der Waals surface area contributed by atoms with Gasteiger partial charge in [0, 0.05) is 13.1 Å². The molecule has 0 aliphatic rings. The number of nitrogens with zero attached hydrogens (tertiary/aromatic N) is 3. The number of hydrogen-bond acceptors (Lipinski definition) is 5. The van der Waals surface area contributed by atoms with Crippen LogP contribution in [0.2, 0.25) is 0 Å². The second-order valence-corrected chi connectivity index (χ2v) is 9.36. The lowest BCUT2D eigenvalue weighted by Gasteiger charge is -2.25. The average Bonchev–Trinajstić information content (AvgIpc) is 3.20. The lowest BCUT2D eigenvalue weighted by Crippen LogP contribution is -2.39. The number of thiazole rings is 1. The van der Waals surface area contributed by atoms with Crippen molar-refractivity contribution in [3.8, 4) is 5.75 Å².